The summed E-state index contributed by atoms with van der Waals surface area (Å²) in [5.41, 5.74) is 5.64. The van der Waals surface area contributed by atoms with Crippen molar-refractivity contribution in [2.75, 3.05) is 0 Å². The predicted molar refractivity (Wildman–Crippen MR) is 64.1 cm³/mol. The van der Waals surface area contributed by atoms with Crippen LogP contribution in [0.1, 0.15) is 5.56 Å². The average Bonchev–Trinajstić information content (AvgIpc) is 2.75. The smallest absolute Gasteiger partial charge is 0.368 e. The van der Waals surface area contributed by atoms with E-state index in [-0.39, 0.29) is 6.54 Å². The molecule has 0 unspecified atom stereocenters. The predicted octanol–water partition coefficient (Wildman–Crippen LogP) is 2.66. The Balaban J connectivity index is 2.33. The van der Waals surface area contributed by atoms with Crippen LogP contribution >= 0.6 is 0 Å². The van der Waals surface area contributed by atoms with Crippen LogP contribution in [0, 0.1) is 0 Å². The number of nitrogens with zero attached hydrogens (tertiary/aromatic N) is 1. The molecule has 0 saturated heterocycles. The number of rotatable bonds is 3. The highest BCUT2D eigenvalue weighted by molar-refractivity contribution is 5.75. The molecule has 1 aromatic carbocycles. The largest absolute Gasteiger partial charge is 0.416 e. The lowest BCUT2D eigenvalue weighted by molar-refractivity contribution is -0.137. The number of primary amides is 1. The van der Waals surface area contributed by atoms with Gasteiger partial charge in [0.1, 0.15) is 6.54 Å². The lowest BCUT2D eigenvalue weighted by Gasteiger charge is -2.09. The molecule has 0 bridgehead atoms. The summed E-state index contributed by atoms with van der Waals surface area (Å²) in [4.78, 5) is 10.9. The molecule has 0 radical (unpaired) electrons. The SMILES string of the molecule is NC(=O)Cn1cccc1-c1ccc(C(F)(F)F)cc1. The van der Waals surface area contributed by atoms with E-state index in [0.29, 0.717) is 11.3 Å². The van der Waals surface area contributed by atoms with Gasteiger partial charge in [-0.05, 0) is 29.8 Å². The van der Waals surface area contributed by atoms with Gasteiger partial charge in [0.05, 0.1) is 5.56 Å². The normalized spacial score (nSPS) is 11.5. The first-order valence-electron chi connectivity index (χ1n) is 5.49. The Bertz CT molecular complexity index is 585. The van der Waals surface area contributed by atoms with Crippen molar-refractivity contribution < 1.29 is 18.0 Å². The molecule has 0 spiro atoms. The van der Waals surface area contributed by atoms with Crippen LogP contribution in [-0.4, -0.2) is 10.5 Å². The standard InChI is InChI=1S/C13H11F3N2O/c14-13(15,16)10-5-3-9(4-6-10)11-2-1-7-18(11)8-12(17)19/h1-7H,8H2,(H2,17,19). The molecule has 19 heavy (non-hydrogen) atoms. The summed E-state index contributed by atoms with van der Waals surface area (Å²) in [5, 5.41) is 0. The Morgan fingerprint density at radius 1 is 1.16 bits per heavy atom. The topological polar surface area (TPSA) is 48.0 Å². The molecule has 100 valence electrons. The first-order valence-corrected chi connectivity index (χ1v) is 5.49. The van der Waals surface area contributed by atoms with Crippen molar-refractivity contribution in [2.45, 2.75) is 12.7 Å². The van der Waals surface area contributed by atoms with Gasteiger partial charge in [-0.15, -0.1) is 0 Å². The molecule has 2 N–H and O–H groups in total. The number of aromatic nitrogens is 1. The first-order chi connectivity index (χ1) is 8.88. The molecule has 0 saturated carbocycles. The maximum Gasteiger partial charge on any atom is 0.416 e. The van der Waals surface area contributed by atoms with E-state index in [1.54, 1.807) is 22.9 Å². The Labute approximate surface area is 107 Å². The molecule has 0 aliphatic rings. The quantitative estimate of drug-likeness (QED) is 0.914. The summed E-state index contributed by atoms with van der Waals surface area (Å²) in [6.07, 6.45) is -2.70. The van der Waals surface area contributed by atoms with E-state index in [2.05, 4.69) is 0 Å². The van der Waals surface area contributed by atoms with Crippen LogP contribution in [0.15, 0.2) is 42.6 Å². The second-order valence-corrected chi connectivity index (χ2v) is 4.06. The van der Waals surface area contributed by atoms with Gasteiger partial charge in [0.15, 0.2) is 0 Å². The Hall–Kier alpha value is -2.24. The second-order valence-electron chi connectivity index (χ2n) is 4.06. The molecule has 1 aromatic heterocycles. The lowest BCUT2D eigenvalue weighted by atomic mass is 10.1. The minimum atomic E-state index is -4.35. The number of alkyl halides is 3. The summed E-state index contributed by atoms with van der Waals surface area (Å²) >= 11 is 0. The number of carbonyl (C=O) groups excluding carboxylic acids is 1. The summed E-state index contributed by atoms with van der Waals surface area (Å²) in [5.74, 6) is -0.510. The minimum Gasteiger partial charge on any atom is -0.368 e. The van der Waals surface area contributed by atoms with Crippen molar-refractivity contribution in [3.8, 4) is 11.3 Å². The molecule has 0 atom stereocenters. The number of hydrogen-bond acceptors (Lipinski definition) is 1. The maximum absolute atomic E-state index is 12.4. The fraction of sp³-hybridized carbons (Fsp3) is 0.154. The van der Waals surface area contributed by atoms with Gasteiger partial charge in [0.25, 0.3) is 0 Å². The molecular weight excluding hydrogens is 257 g/mol. The van der Waals surface area contributed by atoms with E-state index in [1.165, 1.54) is 12.1 Å². The molecule has 0 aliphatic carbocycles. The van der Waals surface area contributed by atoms with E-state index in [4.69, 9.17) is 5.73 Å². The van der Waals surface area contributed by atoms with Gasteiger partial charge in [-0.2, -0.15) is 13.2 Å². The number of carbonyl (C=O) groups is 1. The summed E-state index contributed by atoms with van der Waals surface area (Å²) < 4.78 is 38.9. The zero-order valence-electron chi connectivity index (χ0n) is 9.82. The van der Waals surface area contributed by atoms with Gasteiger partial charge in [-0.1, -0.05) is 12.1 Å². The Morgan fingerprint density at radius 3 is 2.32 bits per heavy atom. The Kier molecular flexibility index (Phi) is 3.33. The number of amides is 1. The van der Waals surface area contributed by atoms with Crippen molar-refractivity contribution in [3.63, 3.8) is 0 Å². The first kappa shape index (κ1) is 13.2. The van der Waals surface area contributed by atoms with Crippen LogP contribution in [0.3, 0.4) is 0 Å². The highest BCUT2D eigenvalue weighted by Gasteiger charge is 2.30. The van der Waals surface area contributed by atoms with E-state index in [1.807, 2.05) is 0 Å². The van der Waals surface area contributed by atoms with Crippen LogP contribution in [-0.2, 0) is 17.5 Å². The van der Waals surface area contributed by atoms with Crippen LogP contribution in [0.5, 0.6) is 0 Å². The van der Waals surface area contributed by atoms with Gasteiger partial charge in [0.2, 0.25) is 5.91 Å². The van der Waals surface area contributed by atoms with Gasteiger partial charge in [-0.25, -0.2) is 0 Å². The van der Waals surface area contributed by atoms with Gasteiger partial charge >= 0.3 is 6.18 Å². The zero-order valence-corrected chi connectivity index (χ0v) is 9.82. The van der Waals surface area contributed by atoms with Crippen molar-refractivity contribution in [3.05, 3.63) is 48.2 Å². The molecule has 1 amide bonds. The van der Waals surface area contributed by atoms with Crippen molar-refractivity contribution in [2.24, 2.45) is 5.73 Å². The zero-order chi connectivity index (χ0) is 14.0. The van der Waals surface area contributed by atoms with Gasteiger partial charge < -0.3 is 10.3 Å². The molecule has 1 heterocycles. The van der Waals surface area contributed by atoms with E-state index in [9.17, 15) is 18.0 Å². The third kappa shape index (κ3) is 2.96. The van der Waals surface area contributed by atoms with Crippen LogP contribution in [0.4, 0.5) is 13.2 Å². The van der Waals surface area contributed by atoms with E-state index < -0.39 is 17.6 Å². The number of benzene rings is 1. The lowest BCUT2D eigenvalue weighted by Crippen LogP contribution is -2.18. The molecule has 2 aromatic rings. The van der Waals surface area contributed by atoms with Gasteiger partial charge in [0, 0.05) is 11.9 Å². The van der Waals surface area contributed by atoms with Crippen LogP contribution < -0.4 is 5.73 Å². The fourth-order valence-electron chi connectivity index (χ4n) is 1.81. The third-order valence-corrected chi connectivity index (χ3v) is 2.66. The molecule has 2 rings (SSSR count). The van der Waals surface area contributed by atoms with Crippen molar-refractivity contribution >= 4 is 5.91 Å². The third-order valence-electron chi connectivity index (χ3n) is 2.66. The Morgan fingerprint density at radius 2 is 1.79 bits per heavy atom. The maximum atomic E-state index is 12.4. The molecule has 0 aliphatic heterocycles. The summed E-state index contributed by atoms with van der Waals surface area (Å²) in [6.45, 7) is -0.0106. The molecule has 3 nitrogen and oxygen atoms in total. The van der Waals surface area contributed by atoms with Crippen LogP contribution in [0.25, 0.3) is 11.3 Å². The second kappa shape index (κ2) is 4.79. The van der Waals surface area contributed by atoms with E-state index >= 15 is 0 Å². The van der Waals surface area contributed by atoms with Crippen molar-refractivity contribution in [1.29, 1.82) is 0 Å². The number of nitrogens with two attached hydrogens (primary N) is 1. The highest BCUT2D eigenvalue weighted by atomic mass is 19.4. The fourth-order valence-corrected chi connectivity index (χ4v) is 1.81. The van der Waals surface area contributed by atoms with E-state index in [0.717, 1.165) is 12.1 Å². The van der Waals surface area contributed by atoms with Gasteiger partial charge in [-0.3, -0.25) is 4.79 Å². The van der Waals surface area contributed by atoms with Crippen LogP contribution in [0.2, 0.25) is 0 Å². The monoisotopic (exact) mass is 268 g/mol. The number of hydrogen-bond donors (Lipinski definition) is 1. The number of halogens is 3. The minimum absolute atomic E-state index is 0.0106. The average molecular weight is 268 g/mol. The molecular formula is C13H11F3N2O. The summed E-state index contributed by atoms with van der Waals surface area (Å²) in [7, 11) is 0. The summed E-state index contributed by atoms with van der Waals surface area (Å²) in [6, 6.07) is 8.18. The highest BCUT2D eigenvalue weighted by Crippen LogP contribution is 2.31. The van der Waals surface area contributed by atoms with Crippen molar-refractivity contribution in [1.82, 2.24) is 4.57 Å². The molecule has 0 fully saturated rings. The molecule has 6 heteroatoms.